The van der Waals surface area contributed by atoms with E-state index >= 15 is 0 Å². The molecule has 55 valence electrons. The lowest BCUT2D eigenvalue weighted by Gasteiger charge is -2.10. The van der Waals surface area contributed by atoms with Crippen LogP contribution in [0.1, 0.15) is 46.0 Å². The average molecular weight is 127 g/mol. The van der Waals surface area contributed by atoms with Crippen LogP contribution in [0.4, 0.5) is 0 Å². The van der Waals surface area contributed by atoms with Gasteiger partial charge in [-0.05, 0) is 5.92 Å². The van der Waals surface area contributed by atoms with Crippen molar-refractivity contribution in [3.8, 4) is 0 Å². The van der Waals surface area contributed by atoms with E-state index in [2.05, 4.69) is 20.8 Å². The zero-order valence-electron chi connectivity index (χ0n) is 6.82. The molecule has 0 aliphatic heterocycles. The van der Waals surface area contributed by atoms with Crippen LogP contribution in [-0.2, 0) is 0 Å². The van der Waals surface area contributed by atoms with Crippen LogP contribution < -0.4 is 0 Å². The zero-order chi connectivity index (χ0) is 7.11. The minimum absolute atomic E-state index is 0.951. The van der Waals surface area contributed by atoms with E-state index in [1.54, 1.807) is 0 Å². The third-order valence-corrected chi connectivity index (χ3v) is 1.89. The monoisotopic (exact) mass is 127 g/mol. The molecule has 1 radical (unpaired) electrons. The molecule has 0 rings (SSSR count). The predicted molar refractivity (Wildman–Crippen MR) is 43.3 cm³/mol. The largest absolute Gasteiger partial charge is 0.0654 e. The second kappa shape index (κ2) is 6.12. The van der Waals surface area contributed by atoms with Crippen molar-refractivity contribution >= 4 is 0 Å². The molecule has 0 heterocycles. The Bertz CT molecular complexity index is 42.0. The molecule has 0 nitrogen and oxygen atoms in total. The molecule has 0 aliphatic rings. The summed E-state index contributed by atoms with van der Waals surface area (Å²) in [5.41, 5.74) is 0. The fraction of sp³-hybridized carbons (Fsp3) is 0.889. The Kier molecular flexibility index (Phi) is 6.12. The highest BCUT2D eigenvalue weighted by Crippen LogP contribution is 2.15. The van der Waals surface area contributed by atoms with Gasteiger partial charge in [0.2, 0.25) is 0 Å². The van der Waals surface area contributed by atoms with Crippen molar-refractivity contribution in [2.75, 3.05) is 0 Å². The summed E-state index contributed by atoms with van der Waals surface area (Å²) in [5.74, 6) is 0.951. The average Bonchev–Trinajstić information content (AvgIpc) is 1.88. The highest BCUT2D eigenvalue weighted by molar-refractivity contribution is 4.56. The van der Waals surface area contributed by atoms with E-state index in [1.165, 1.54) is 25.7 Å². The molecule has 0 aromatic rings. The van der Waals surface area contributed by atoms with Gasteiger partial charge in [0.1, 0.15) is 0 Å². The summed E-state index contributed by atoms with van der Waals surface area (Å²) in [6.45, 7) is 8.39. The molecule has 0 saturated carbocycles. The lowest BCUT2D eigenvalue weighted by Crippen LogP contribution is -1.96. The van der Waals surface area contributed by atoms with Crippen LogP contribution in [0.15, 0.2) is 0 Å². The van der Waals surface area contributed by atoms with Crippen LogP contribution in [0, 0.1) is 12.8 Å². The van der Waals surface area contributed by atoms with Crippen LogP contribution in [-0.4, -0.2) is 0 Å². The van der Waals surface area contributed by atoms with E-state index < -0.39 is 0 Å². The second-order valence-corrected chi connectivity index (χ2v) is 2.71. The van der Waals surface area contributed by atoms with Gasteiger partial charge in [-0.3, -0.25) is 0 Å². The Morgan fingerprint density at radius 1 is 1.22 bits per heavy atom. The van der Waals surface area contributed by atoms with Crippen LogP contribution >= 0.6 is 0 Å². The van der Waals surface area contributed by atoms with Crippen LogP contribution in [0.2, 0.25) is 0 Å². The van der Waals surface area contributed by atoms with Crippen molar-refractivity contribution in [3.63, 3.8) is 0 Å². The van der Waals surface area contributed by atoms with E-state index in [4.69, 9.17) is 0 Å². The van der Waals surface area contributed by atoms with E-state index in [0.717, 1.165) is 12.3 Å². The first kappa shape index (κ1) is 9.00. The lowest BCUT2D eigenvalue weighted by atomic mass is 9.96. The quantitative estimate of drug-likeness (QED) is 0.530. The van der Waals surface area contributed by atoms with Crippen LogP contribution in [0.25, 0.3) is 0 Å². The summed E-state index contributed by atoms with van der Waals surface area (Å²) < 4.78 is 0. The Labute approximate surface area is 59.7 Å². The van der Waals surface area contributed by atoms with Crippen LogP contribution in [0.3, 0.4) is 0 Å². The molecule has 0 bridgehead atoms. The Morgan fingerprint density at radius 2 is 1.89 bits per heavy atom. The molecule has 0 aromatic heterocycles. The number of hydrogen-bond acceptors (Lipinski definition) is 0. The highest BCUT2D eigenvalue weighted by Gasteiger charge is 2.01. The minimum Gasteiger partial charge on any atom is -0.0654 e. The second-order valence-electron chi connectivity index (χ2n) is 2.71. The summed E-state index contributed by atoms with van der Waals surface area (Å²) in [4.78, 5) is 0. The summed E-state index contributed by atoms with van der Waals surface area (Å²) >= 11 is 0. The lowest BCUT2D eigenvalue weighted by molar-refractivity contribution is 0.435. The topological polar surface area (TPSA) is 0 Å². The molecule has 0 N–H and O–H groups in total. The minimum atomic E-state index is 0.951. The molecule has 9 heavy (non-hydrogen) atoms. The van der Waals surface area contributed by atoms with Crippen molar-refractivity contribution in [1.29, 1.82) is 0 Å². The van der Waals surface area contributed by atoms with Crippen LogP contribution in [0.5, 0.6) is 0 Å². The van der Waals surface area contributed by atoms with E-state index in [1.807, 2.05) is 0 Å². The third-order valence-electron chi connectivity index (χ3n) is 1.89. The van der Waals surface area contributed by atoms with Gasteiger partial charge in [0.15, 0.2) is 0 Å². The first-order valence-corrected chi connectivity index (χ1v) is 4.14. The number of rotatable bonds is 5. The van der Waals surface area contributed by atoms with Crippen molar-refractivity contribution in [3.05, 3.63) is 6.92 Å². The molecule has 1 unspecified atom stereocenters. The van der Waals surface area contributed by atoms with Gasteiger partial charge in [0, 0.05) is 0 Å². The van der Waals surface area contributed by atoms with Crippen molar-refractivity contribution in [1.82, 2.24) is 0 Å². The van der Waals surface area contributed by atoms with Gasteiger partial charge in [0.05, 0.1) is 0 Å². The normalized spacial score (nSPS) is 10.7. The fourth-order valence-electron chi connectivity index (χ4n) is 1.25. The van der Waals surface area contributed by atoms with Gasteiger partial charge >= 0.3 is 0 Å². The maximum absolute atomic E-state index is 3.86. The van der Waals surface area contributed by atoms with Crippen molar-refractivity contribution in [2.24, 2.45) is 5.92 Å². The molecule has 0 saturated heterocycles. The highest BCUT2D eigenvalue weighted by atomic mass is 14.1. The van der Waals surface area contributed by atoms with Crippen molar-refractivity contribution in [2.45, 2.75) is 46.0 Å². The molecule has 0 spiro atoms. The molecular formula is C9H19. The smallest absolute Gasteiger partial charge is 0.0417 e. The molecule has 1 atom stereocenters. The van der Waals surface area contributed by atoms with Crippen molar-refractivity contribution < 1.29 is 0 Å². The molecule has 0 aromatic carbocycles. The third kappa shape index (κ3) is 4.50. The number of hydrogen-bond donors (Lipinski definition) is 0. The summed E-state index contributed by atoms with van der Waals surface area (Å²) in [6.07, 6.45) is 6.50. The Balaban J connectivity index is 3.18. The van der Waals surface area contributed by atoms with Gasteiger partial charge in [0.25, 0.3) is 0 Å². The van der Waals surface area contributed by atoms with Gasteiger partial charge < -0.3 is 0 Å². The Hall–Kier alpha value is 0. The van der Waals surface area contributed by atoms with E-state index in [-0.39, 0.29) is 0 Å². The molecular weight excluding hydrogens is 108 g/mol. The SMILES string of the molecule is [CH2]CCC(CC)CCC. The van der Waals surface area contributed by atoms with Gasteiger partial charge in [-0.1, -0.05) is 52.9 Å². The van der Waals surface area contributed by atoms with Gasteiger partial charge in [-0.15, -0.1) is 0 Å². The maximum atomic E-state index is 3.86. The molecule has 0 heteroatoms. The Morgan fingerprint density at radius 3 is 2.22 bits per heavy atom. The maximum Gasteiger partial charge on any atom is -0.0417 e. The molecule has 0 aliphatic carbocycles. The fourth-order valence-corrected chi connectivity index (χ4v) is 1.25. The standard InChI is InChI=1S/C9H19/c1-4-7-9(6-3)8-5-2/h9H,1,4-8H2,2-3H3. The summed E-state index contributed by atoms with van der Waals surface area (Å²) in [7, 11) is 0. The van der Waals surface area contributed by atoms with E-state index in [0.29, 0.717) is 0 Å². The first-order valence-electron chi connectivity index (χ1n) is 4.14. The zero-order valence-corrected chi connectivity index (χ0v) is 6.82. The van der Waals surface area contributed by atoms with Gasteiger partial charge in [-0.2, -0.15) is 0 Å². The molecule has 0 fully saturated rings. The predicted octanol–water partition coefficient (Wildman–Crippen LogP) is 3.43. The van der Waals surface area contributed by atoms with Gasteiger partial charge in [-0.25, -0.2) is 0 Å². The summed E-state index contributed by atoms with van der Waals surface area (Å²) in [5, 5.41) is 0. The van der Waals surface area contributed by atoms with E-state index in [9.17, 15) is 0 Å². The molecule has 0 amide bonds. The first-order chi connectivity index (χ1) is 4.35. The summed E-state index contributed by atoms with van der Waals surface area (Å²) in [6, 6.07) is 0.